The van der Waals surface area contributed by atoms with Crippen LogP contribution in [0.1, 0.15) is 27.6 Å². The molecule has 0 aliphatic rings. The van der Waals surface area contributed by atoms with Crippen LogP contribution < -0.4 is 4.74 Å². The Labute approximate surface area is 148 Å². The molecular weight excluding hydrogens is 350 g/mol. The largest absolute Gasteiger partial charge is 0.497 e. The van der Waals surface area contributed by atoms with E-state index < -0.39 is 28.5 Å². The van der Waals surface area contributed by atoms with Gasteiger partial charge in [-0.2, -0.15) is 0 Å². The minimum Gasteiger partial charge on any atom is -0.497 e. The first-order chi connectivity index (χ1) is 11.8. The predicted molar refractivity (Wildman–Crippen MR) is 90.3 cm³/mol. The minimum atomic E-state index is -1.06. The monoisotopic (exact) mass is 363 g/mol. The molecule has 0 aliphatic carbocycles. The number of nitro benzene ring substituents is 1. The van der Waals surface area contributed by atoms with Crippen LogP contribution in [0.2, 0.25) is 5.02 Å². The number of rotatable bonds is 6. The molecule has 0 bridgehead atoms. The van der Waals surface area contributed by atoms with Crippen molar-refractivity contribution in [2.24, 2.45) is 0 Å². The fourth-order valence-electron chi connectivity index (χ4n) is 2.05. The van der Waals surface area contributed by atoms with Crippen LogP contribution in [-0.2, 0) is 4.74 Å². The zero-order chi connectivity index (χ0) is 18.6. The van der Waals surface area contributed by atoms with Crippen molar-refractivity contribution in [1.29, 1.82) is 0 Å². The summed E-state index contributed by atoms with van der Waals surface area (Å²) in [4.78, 5) is 34.6. The van der Waals surface area contributed by atoms with Crippen molar-refractivity contribution in [3.05, 3.63) is 68.7 Å². The molecule has 0 heterocycles. The summed E-state index contributed by atoms with van der Waals surface area (Å²) in [5.41, 5.74) is -0.126. The first-order valence-electron chi connectivity index (χ1n) is 7.16. The third-order valence-corrected chi connectivity index (χ3v) is 3.73. The molecule has 130 valence electrons. The molecule has 2 aromatic rings. The molecule has 2 rings (SSSR count). The van der Waals surface area contributed by atoms with Gasteiger partial charge in [-0.3, -0.25) is 14.9 Å². The molecule has 0 unspecified atom stereocenters. The molecule has 0 saturated carbocycles. The summed E-state index contributed by atoms with van der Waals surface area (Å²) in [7, 11) is 1.51. The third kappa shape index (κ3) is 4.33. The van der Waals surface area contributed by atoms with Gasteiger partial charge >= 0.3 is 5.97 Å². The molecule has 0 aliphatic heterocycles. The predicted octanol–water partition coefficient (Wildman–Crippen LogP) is 3.69. The van der Waals surface area contributed by atoms with Crippen LogP contribution in [0.3, 0.4) is 0 Å². The topological polar surface area (TPSA) is 95.7 Å². The molecule has 0 amide bonds. The molecule has 25 heavy (non-hydrogen) atoms. The standard InChI is InChI=1S/C17H14ClNO6/c1-10(16(20)11-3-6-13(24-2)7-4-11)25-17(21)12-5-8-14(18)15(9-12)19(22)23/h3-10H,1-2H3/t10-/m1/s1. The van der Waals surface area contributed by atoms with Gasteiger partial charge in [0.1, 0.15) is 10.8 Å². The van der Waals surface area contributed by atoms with Gasteiger partial charge in [0.2, 0.25) is 5.78 Å². The van der Waals surface area contributed by atoms with Crippen LogP contribution in [-0.4, -0.2) is 29.9 Å². The average Bonchev–Trinajstić information content (AvgIpc) is 2.61. The molecule has 0 saturated heterocycles. The molecule has 1 atom stereocenters. The highest BCUT2D eigenvalue weighted by Crippen LogP contribution is 2.25. The fourth-order valence-corrected chi connectivity index (χ4v) is 2.24. The van der Waals surface area contributed by atoms with Gasteiger partial charge in [0.15, 0.2) is 6.10 Å². The number of methoxy groups -OCH3 is 1. The molecule has 0 radical (unpaired) electrons. The number of benzene rings is 2. The smallest absolute Gasteiger partial charge is 0.339 e. The lowest BCUT2D eigenvalue weighted by Crippen LogP contribution is -2.24. The lowest BCUT2D eigenvalue weighted by Gasteiger charge is -2.12. The first-order valence-corrected chi connectivity index (χ1v) is 7.54. The van der Waals surface area contributed by atoms with Crippen molar-refractivity contribution in [3.8, 4) is 5.75 Å². The number of ketones is 1. The van der Waals surface area contributed by atoms with Crippen molar-refractivity contribution in [2.45, 2.75) is 13.0 Å². The van der Waals surface area contributed by atoms with E-state index in [2.05, 4.69) is 0 Å². The van der Waals surface area contributed by atoms with E-state index in [0.717, 1.165) is 6.07 Å². The summed E-state index contributed by atoms with van der Waals surface area (Å²) in [5.74, 6) is -0.664. The molecule has 0 fully saturated rings. The van der Waals surface area contributed by atoms with Gasteiger partial charge in [-0.25, -0.2) is 4.79 Å². The van der Waals surface area contributed by atoms with Crippen molar-refractivity contribution in [2.75, 3.05) is 7.11 Å². The minimum absolute atomic E-state index is 0.0644. The van der Waals surface area contributed by atoms with Crippen molar-refractivity contribution >= 4 is 29.0 Å². The van der Waals surface area contributed by atoms with Gasteiger partial charge in [-0.05, 0) is 43.3 Å². The Bertz CT molecular complexity index is 818. The maximum absolute atomic E-state index is 12.3. The second kappa shape index (κ2) is 7.76. The van der Waals surface area contributed by atoms with Crippen molar-refractivity contribution in [1.82, 2.24) is 0 Å². The van der Waals surface area contributed by atoms with Crippen molar-refractivity contribution < 1.29 is 24.0 Å². The van der Waals surface area contributed by atoms with Crippen LogP contribution in [0.25, 0.3) is 0 Å². The van der Waals surface area contributed by atoms with Gasteiger partial charge in [0.25, 0.3) is 5.69 Å². The summed E-state index contributed by atoms with van der Waals surface area (Å²) in [5, 5.41) is 10.8. The number of carbonyl (C=O) groups excluding carboxylic acids is 2. The molecule has 2 aromatic carbocycles. The van der Waals surface area contributed by atoms with Crippen LogP contribution in [0.15, 0.2) is 42.5 Å². The Balaban J connectivity index is 2.12. The molecule has 0 aromatic heterocycles. The number of ether oxygens (including phenoxy) is 2. The summed E-state index contributed by atoms with van der Waals surface area (Å²) in [6, 6.07) is 9.87. The molecule has 0 spiro atoms. The number of halogens is 1. The van der Waals surface area contributed by atoms with E-state index in [-0.39, 0.29) is 10.6 Å². The summed E-state index contributed by atoms with van der Waals surface area (Å²) < 4.78 is 10.1. The zero-order valence-electron chi connectivity index (χ0n) is 13.4. The summed E-state index contributed by atoms with van der Waals surface area (Å²) >= 11 is 5.70. The maximum Gasteiger partial charge on any atom is 0.339 e. The van der Waals surface area contributed by atoms with Gasteiger partial charge in [-0.15, -0.1) is 0 Å². The van der Waals surface area contributed by atoms with E-state index in [1.807, 2.05) is 0 Å². The SMILES string of the molecule is COc1ccc(C(=O)[C@@H](C)OC(=O)c2ccc(Cl)c([N+](=O)[O-])c2)cc1. The summed E-state index contributed by atoms with van der Waals surface area (Å²) in [6.07, 6.45) is -1.06. The number of esters is 1. The first kappa shape index (κ1) is 18.4. The van der Waals surface area contributed by atoms with Gasteiger partial charge < -0.3 is 9.47 Å². The number of Topliss-reactive ketones (excluding diaryl/α,β-unsaturated/α-hetero) is 1. The Kier molecular flexibility index (Phi) is 5.71. The molecule has 8 heteroatoms. The lowest BCUT2D eigenvalue weighted by molar-refractivity contribution is -0.384. The van der Waals surface area contributed by atoms with E-state index in [9.17, 15) is 19.7 Å². The Morgan fingerprint density at radius 2 is 1.72 bits per heavy atom. The lowest BCUT2D eigenvalue weighted by atomic mass is 10.1. The number of carbonyl (C=O) groups is 2. The van der Waals surface area contributed by atoms with Crippen LogP contribution in [0.4, 0.5) is 5.69 Å². The quantitative estimate of drug-likeness (QED) is 0.336. The van der Waals surface area contributed by atoms with E-state index in [4.69, 9.17) is 21.1 Å². The highest BCUT2D eigenvalue weighted by atomic mass is 35.5. The van der Waals surface area contributed by atoms with Crippen LogP contribution in [0.5, 0.6) is 5.75 Å². The Morgan fingerprint density at radius 1 is 1.12 bits per heavy atom. The van der Waals surface area contributed by atoms with E-state index in [1.165, 1.54) is 26.2 Å². The summed E-state index contributed by atoms with van der Waals surface area (Å²) in [6.45, 7) is 1.43. The molecular formula is C17H14ClNO6. The Hall–Kier alpha value is -2.93. The van der Waals surface area contributed by atoms with E-state index in [1.54, 1.807) is 24.3 Å². The maximum atomic E-state index is 12.3. The number of hydrogen-bond donors (Lipinski definition) is 0. The third-order valence-electron chi connectivity index (χ3n) is 3.41. The molecule has 0 N–H and O–H groups in total. The number of nitro groups is 1. The second-order valence-electron chi connectivity index (χ2n) is 5.06. The van der Waals surface area contributed by atoms with Crippen LogP contribution in [0, 0.1) is 10.1 Å². The highest BCUT2D eigenvalue weighted by molar-refractivity contribution is 6.32. The number of hydrogen-bond acceptors (Lipinski definition) is 6. The van der Waals surface area contributed by atoms with Gasteiger partial charge in [-0.1, -0.05) is 11.6 Å². The van der Waals surface area contributed by atoms with Crippen molar-refractivity contribution in [3.63, 3.8) is 0 Å². The zero-order valence-corrected chi connectivity index (χ0v) is 14.1. The fraction of sp³-hybridized carbons (Fsp3) is 0.176. The van der Waals surface area contributed by atoms with Gasteiger partial charge in [0, 0.05) is 11.6 Å². The highest BCUT2D eigenvalue weighted by Gasteiger charge is 2.22. The second-order valence-corrected chi connectivity index (χ2v) is 5.47. The number of nitrogens with zero attached hydrogens (tertiary/aromatic N) is 1. The normalized spacial score (nSPS) is 11.5. The van der Waals surface area contributed by atoms with E-state index in [0.29, 0.717) is 11.3 Å². The van der Waals surface area contributed by atoms with E-state index >= 15 is 0 Å². The van der Waals surface area contributed by atoms with Crippen LogP contribution >= 0.6 is 11.6 Å². The average molecular weight is 364 g/mol. The molecule has 7 nitrogen and oxygen atoms in total. The van der Waals surface area contributed by atoms with Gasteiger partial charge in [0.05, 0.1) is 17.6 Å². The Morgan fingerprint density at radius 3 is 2.28 bits per heavy atom.